The van der Waals surface area contributed by atoms with Gasteiger partial charge in [0.15, 0.2) is 0 Å². The van der Waals surface area contributed by atoms with E-state index in [1.165, 1.54) is 5.56 Å². The van der Waals surface area contributed by atoms with E-state index < -0.39 is 0 Å². The average Bonchev–Trinajstić information content (AvgIpc) is 2.19. The minimum absolute atomic E-state index is 0.340. The molecular formula is C11H14BrNO. The largest absolute Gasteiger partial charge is 0.378 e. The average molecular weight is 256 g/mol. The van der Waals surface area contributed by atoms with Crippen LogP contribution < -0.4 is 5.32 Å². The van der Waals surface area contributed by atoms with Crippen molar-refractivity contribution in [3.8, 4) is 0 Å². The van der Waals surface area contributed by atoms with Crippen molar-refractivity contribution in [2.75, 3.05) is 13.2 Å². The molecule has 1 fully saturated rings. The van der Waals surface area contributed by atoms with Crippen LogP contribution in [0.2, 0.25) is 0 Å². The molecular weight excluding hydrogens is 242 g/mol. The Bertz CT molecular complexity index is 299. The van der Waals surface area contributed by atoms with Crippen molar-refractivity contribution in [3.63, 3.8) is 0 Å². The van der Waals surface area contributed by atoms with E-state index in [4.69, 9.17) is 4.74 Å². The molecule has 76 valence electrons. The van der Waals surface area contributed by atoms with E-state index in [-0.39, 0.29) is 0 Å². The van der Waals surface area contributed by atoms with Crippen molar-refractivity contribution in [1.29, 1.82) is 0 Å². The molecule has 2 nitrogen and oxygen atoms in total. The Labute approximate surface area is 92.8 Å². The quantitative estimate of drug-likeness (QED) is 0.833. The van der Waals surface area contributed by atoms with Gasteiger partial charge in [-0.15, -0.1) is 0 Å². The summed E-state index contributed by atoms with van der Waals surface area (Å²) in [4.78, 5) is 0. The van der Waals surface area contributed by atoms with E-state index in [0.717, 1.165) is 17.7 Å². The number of hydrogen-bond acceptors (Lipinski definition) is 2. The van der Waals surface area contributed by atoms with Crippen LogP contribution in [-0.4, -0.2) is 19.3 Å². The predicted molar refractivity (Wildman–Crippen MR) is 60.3 cm³/mol. The summed E-state index contributed by atoms with van der Waals surface area (Å²) in [5.41, 5.74) is 1.29. The van der Waals surface area contributed by atoms with Gasteiger partial charge in [-0.3, -0.25) is 0 Å². The zero-order valence-corrected chi connectivity index (χ0v) is 9.75. The molecule has 2 atom stereocenters. The smallest absolute Gasteiger partial charge is 0.0662 e. The lowest BCUT2D eigenvalue weighted by atomic mass is 10.1. The zero-order chi connectivity index (χ0) is 9.97. The van der Waals surface area contributed by atoms with E-state index in [0.29, 0.717) is 12.1 Å². The van der Waals surface area contributed by atoms with Gasteiger partial charge < -0.3 is 10.1 Å². The van der Waals surface area contributed by atoms with Gasteiger partial charge in [0.1, 0.15) is 0 Å². The van der Waals surface area contributed by atoms with Crippen molar-refractivity contribution in [2.24, 2.45) is 0 Å². The number of hydrogen-bond donors (Lipinski definition) is 1. The molecule has 2 rings (SSSR count). The van der Waals surface area contributed by atoms with Crippen LogP contribution in [0, 0.1) is 0 Å². The molecule has 1 aliphatic rings. The lowest BCUT2D eigenvalue weighted by Gasteiger charge is -2.29. The van der Waals surface area contributed by atoms with Crippen molar-refractivity contribution in [2.45, 2.75) is 19.0 Å². The highest BCUT2D eigenvalue weighted by Crippen LogP contribution is 2.19. The van der Waals surface area contributed by atoms with Gasteiger partial charge in [0, 0.05) is 10.5 Å². The lowest BCUT2D eigenvalue weighted by molar-refractivity contribution is 0.0504. The fraction of sp³-hybridized carbons (Fsp3) is 0.455. The normalized spacial score (nSPS) is 27.6. The van der Waals surface area contributed by atoms with Crippen LogP contribution in [0.5, 0.6) is 0 Å². The Morgan fingerprint density at radius 1 is 1.29 bits per heavy atom. The molecule has 1 aromatic carbocycles. The molecule has 0 amide bonds. The third-order valence-corrected chi connectivity index (χ3v) is 2.94. The summed E-state index contributed by atoms with van der Waals surface area (Å²) < 4.78 is 6.62. The van der Waals surface area contributed by atoms with Crippen molar-refractivity contribution in [1.82, 2.24) is 5.32 Å². The third kappa shape index (κ3) is 2.35. The van der Waals surface area contributed by atoms with E-state index in [1.54, 1.807) is 0 Å². The molecule has 0 aromatic heterocycles. The number of halogens is 1. The van der Waals surface area contributed by atoms with E-state index in [9.17, 15) is 0 Å². The summed E-state index contributed by atoms with van der Waals surface area (Å²) in [5, 5.41) is 3.51. The molecule has 3 heteroatoms. The van der Waals surface area contributed by atoms with E-state index in [1.807, 2.05) is 0 Å². The molecule has 0 bridgehead atoms. The van der Waals surface area contributed by atoms with Gasteiger partial charge in [0.2, 0.25) is 0 Å². The second-order valence-corrected chi connectivity index (χ2v) is 4.62. The fourth-order valence-corrected chi connectivity index (χ4v) is 1.95. The van der Waals surface area contributed by atoms with Crippen LogP contribution in [0.1, 0.15) is 18.5 Å². The van der Waals surface area contributed by atoms with Crippen molar-refractivity contribution in [3.05, 3.63) is 34.3 Å². The minimum atomic E-state index is 0.340. The number of ether oxygens (including phenoxy) is 1. The molecule has 14 heavy (non-hydrogen) atoms. The Balaban J connectivity index is 2.10. The molecule has 0 saturated carbocycles. The van der Waals surface area contributed by atoms with Crippen molar-refractivity contribution >= 4 is 15.9 Å². The minimum Gasteiger partial charge on any atom is -0.378 e. The Kier molecular flexibility index (Phi) is 3.21. The fourth-order valence-electron chi connectivity index (χ4n) is 1.69. The maximum Gasteiger partial charge on any atom is 0.0662 e. The SMILES string of the molecule is C[C@H]1COC[C@@H](c2ccc(Br)cc2)N1. The highest BCUT2D eigenvalue weighted by atomic mass is 79.9. The maximum atomic E-state index is 5.50. The second kappa shape index (κ2) is 4.43. The van der Waals surface area contributed by atoms with Crippen LogP contribution in [0.25, 0.3) is 0 Å². The Morgan fingerprint density at radius 2 is 2.00 bits per heavy atom. The zero-order valence-electron chi connectivity index (χ0n) is 8.16. The first-order chi connectivity index (χ1) is 6.75. The Hall–Kier alpha value is -0.380. The summed E-state index contributed by atoms with van der Waals surface area (Å²) in [6.45, 7) is 3.73. The monoisotopic (exact) mass is 255 g/mol. The molecule has 1 aliphatic heterocycles. The maximum absolute atomic E-state index is 5.50. The second-order valence-electron chi connectivity index (χ2n) is 3.71. The Morgan fingerprint density at radius 3 is 2.64 bits per heavy atom. The van der Waals surface area contributed by atoms with Gasteiger partial charge in [-0.25, -0.2) is 0 Å². The molecule has 1 heterocycles. The molecule has 0 radical (unpaired) electrons. The molecule has 1 aromatic rings. The van der Waals surface area contributed by atoms with Crippen LogP contribution >= 0.6 is 15.9 Å². The summed E-state index contributed by atoms with van der Waals surface area (Å²) in [5.74, 6) is 0. The van der Waals surface area contributed by atoms with Crippen LogP contribution in [-0.2, 0) is 4.74 Å². The van der Waals surface area contributed by atoms with Crippen LogP contribution in [0.3, 0.4) is 0 Å². The first-order valence-corrected chi connectivity index (χ1v) is 5.64. The van der Waals surface area contributed by atoms with Gasteiger partial charge in [0.25, 0.3) is 0 Å². The number of nitrogens with one attached hydrogen (secondary N) is 1. The van der Waals surface area contributed by atoms with Gasteiger partial charge in [0.05, 0.1) is 19.3 Å². The van der Waals surface area contributed by atoms with Crippen LogP contribution in [0.4, 0.5) is 0 Å². The van der Waals surface area contributed by atoms with Crippen molar-refractivity contribution < 1.29 is 4.74 Å². The first-order valence-electron chi connectivity index (χ1n) is 4.85. The molecule has 0 spiro atoms. The topological polar surface area (TPSA) is 21.3 Å². The molecule has 0 unspecified atom stereocenters. The number of rotatable bonds is 1. The first kappa shape index (κ1) is 10.1. The van der Waals surface area contributed by atoms with Gasteiger partial charge in [-0.2, -0.15) is 0 Å². The summed E-state index contributed by atoms with van der Waals surface area (Å²) >= 11 is 3.43. The molecule has 1 saturated heterocycles. The molecule has 1 N–H and O–H groups in total. The number of benzene rings is 1. The number of morpholine rings is 1. The van der Waals surface area contributed by atoms with Gasteiger partial charge >= 0.3 is 0 Å². The van der Waals surface area contributed by atoms with E-state index in [2.05, 4.69) is 52.4 Å². The standard InChI is InChI=1S/C11H14BrNO/c1-8-6-14-7-11(13-8)9-2-4-10(12)5-3-9/h2-5,8,11,13H,6-7H2,1H3/t8-,11-/m0/s1. The lowest BCUT2D eigenvalue weighted by Crippen LogP contribution is -2.41. The summed E-state index contributed by atoms with van der Waals surface area (Å²) in [6.07, 6.45) is 0. The summed E-state index contributed by atoms with van der Waals surface area (Å²) in [7, 11) is 0. The van der Waals surface area contributed by atoms with Crippen LogP contribution in [0.15, 0.2) is 28.7 Å². The highest BCUT2D eigenvalue weighted by molar-refractivity contribution is 9.10. The molecule has 0 aliphatic carbocycles. The van der Waals surface area contributed by atoms with Gasteiger partial charge in [-0.05, 0) is 24.6 Å². The van der Waals surface area contributed by atoms with Gasteiger partial charge in [-0.1, -0.05) is 28.1 Å². The van der Waals surface area contributed by atoms with E-state index >= 15 is 0 Å². The predicted octanol–water partition coefficient (Wildman–Crippen LogP) is 2.50. The summed E-state index contributed by atoms with van der Waals surface area (Å²) in [6, 6.07) is 9.17. The highest BCUT2D eigenvalue weighted by Gasteiger charge is 2.19. The third-order valence-electron chi connectivity index (χ3n) is 2.41.